The monoisotopic (exact) mass is 534 g/mol. The van der Waals surface area contributed by atoms with Crippen LogP contribution in [0.5, 0.6) is 0 Å². The molecule has 0 fully saturated rings. The third-order valence-corrected chi connectivity index (χ3v) is 5.40. The van der Waals surface area contributed by atoms with Crippen LogP contribution in [0.2, 0.25) is 0 Å². The van der Waals surface area contributed by atoms with E-state index in [-0.39, 0.29) is 17.9 Å². The lowest BCUT2D eigenvalue weighted by Gasteiger charge is -2.19. The predicted molar refractivity (Wildman–Crippen MR) is 118 cm³/mol. The molecule has 0 aliphatic carbocycles. The maximum absolute atomic E-state index is 12.8. The van der Waals surface area contributed by atoms with E-state index in [1.54, 1.807) is 18.2 Å². The predicted octanol–water partition coefficient (Wildman–Crippen LogP) is -1.15. The van der Waals surface area contributed by atoms with E-state index in [2.05, 4.69) is 20.1 Å². The zero-order valence-electron chi connectivity index (χ0n) is 18.3. The van der Waals surface area contributed by atoms with Crippen molar-refractivity contribution in [3.8, 4) is 0 Å². The highest BCUT2D eigenvalue weighted by atomic mass is 32.2. The fourth-order valence-corrected chi connectivity index (χ4v) is 3.95. The molecule has 13 nitrogen and oxygen atoms in total. The highest BCUT2D eigenvalue weighted by Gasteiger charge is 2.42. The summed E-state index contributed by atoms with van der Waals surface area (Å²) in [6.07, 6.45) is -4.73. The lowest BCUT2D eigenvalue weighted by Crippen LogP contribution is -2.46. The van der Waals surface area contributed by atoms with Gasteiger partial charge < -0.3 is 26.5 Å². The van der Waals surface area contributed by atoms with Crippen LogP contribution in [-0.4, -0.2) is 50.3 Å². The van der Waals surface area contributed by atoms with Gasteiger partial charge >= 0.3 is 12.1 Å². The molecule has 196 valence electrons. The number of nitrogens with zero attached hydrogens (tertiary/aromatic N) is 2. The average molecular weight is 534 g/mol. The molecule has 1 atom stereocenters. The number of hydrogen-bond donors (Lipinski definition) is 4. The van der Waals surface area contributed by atoms with E-state index in [4.69, 9.17) is 11.5 Å². The maximum atomic E-state index is 12.8. The van der Waals surface area contributed by atoms with Crippen molar-refractivity contribution in [2.24, 2.45) is 16.6 Å². The minimum absolute atomic E-state index is 0.0707. The molecule has 0 saturated carbocycles. The van der Waals surface area contributed by atoms with E-state index in [9.17, 15) is 36.0 Å². The first-order chi connectivity index (χ1) is 16.8. The molecule has 2 rings (SSSR count). The number of halogens is 3. The zero-order valence-corrected chi connectivity index (χ0v) is 19.1. The van der Waals surface area contributed by atoms with Gasteiger partial charge in [-0.2, -0.15) is 17.9 Å². The quantitative estimate of drug-likeness (QED) is 0.119. The second kappa shape index (κ2) is 12.0. The molecule has 36 heavy (non-hydrogen) atoms. The van der Waals surface area contributed by atoms with Gasteiger partial charge in [0.15, 0.2) is 0 Å². The minimum Gasteiger partial charge on any atom is -0.391 e. The molecule has 1 aromatic heterocycles. The molecule has 1 heterocycles. The van der Waals surface area contributed by atoms with Crippen molar-refractivity contribution in [3.63, 3.8) is 0 Å². The largest absolute Gasteiger partial charge is 0.493 e. The number of benzene rings is 1. The number of oxime groups is 1. The Bertz CT molecular complexity index is 1260. The van der Waals surface area contributed by atoms with Gasteiger partial charge in [-0.3, -0.25) is 9.59 Å². The third-order valence-electron chi connectivity index (χ3n) is 4.09. The molecule has 0 aliphatic rings. The van der Waals surface area contributed by atoms with Crippen molar-refractivity contribution >= 4 is 27.9 Å². The van der Waals surface area contributed by atoms with Crippen LogP contribution in [0.15, 0.2) is 58.6 Å². The molecule has 0 spiro atoms. The number of amides is 1. The van der Waals surface area contributed by atoms with Crippen molar-refractivity contribution < 1.29 is 40.9 Å². The van der Waals surface area contributed by atoms with Crippen molar-refractivity contribution in [1.82, 2.24) is 14.8 Å². The van der Waals surface area contributed by atoms with Crippen LogP contribution in [0, 0.1) is 0 Å². The Hall–Kier alpha value is -4.12. The number of carbonyl (C=O) groups is 2. The van der Waals surface area contributed by atoms with Gasteiger partial charge in [0, 0.05) is 11.8 Å². The van der Waals surface area contributed by atoms with Gasteiger partial charge in [0.05, 0.1) is 12.3 Å². The summed E-state index contributed by atoms with van der Waals surface area (Å²) in [4.78, 5) is 45.3. The molecule has 1 aromatic carbocycles. The summed E-state index contributed by atoms with van der Waals surface area (Å²) < 4.78 is 65.1. The molecule has 2 aromatic rings. The van der Waals surface area contributed by atoms with Crippen LogP contribution in [-0.2, 0) is 30.2 Å². The highest BCUT2D eigenvalue weighted by molar-refractivity contribution is 7.88. The van der Waals surface area contributed by atoms with Gasteiger partial charge in [-0.25, -0.2) is 13.2 Å². The van der Waals surface area contributed by atoms with Gasteiger partial charge in [0.2, 0.25) is 21.9 Å². The molecule has 1 amide bonds. The Labute approximate surface area is 201 Å². The summed E-state index contributed by atoms with van der Waals surface area (Å²) in [5.74, 6) is -4.76. The van der Waals surface area contributed by atoms with E-state index in [0.717, 1.165) is 12.1 Å². The van der Waals surface area contributed by atoms with Gasteiger partial charge in [-0.05, 0) is 22.9 Å². The Morgan fingerprint density at radius 1 is 1.11 bits per heavy atom. The van der Waals surface area contributed by atoms with Crippen molar-refractivity contribution in [2.45, 2.75) is 18.0 Å². The molecule has 6 N–H and O–H groups in total. The van der Waals surface area contributed by atoms with Crippen LogP contribution in [0.4, 0.5) is 13.2 Å². The minimum atomic E-state index is -5.42. The van der Waals surface area contributed by atoms with Crippen molar-refractivity contribution in [1.29, 1.82) is 0 Å². The van der Waals surface area contributed by atoms with E-state index in [1.807, 2.05) is 4.72 Å². The Kier molecular flexibility index (Phi) is 9.39. The van der Waals surface area contributed by atoms with Crippen LogP contribution in [0.1, 0.15) is 17.2 Å². The van der Waals surface area contributed by atoms with E-state index in [0.29, 0.717) is 11.8 Å². The van der Waals surface area contributed by atoms with Crippen LogP contribution < -0.4 is 31.9 Å². The summed E-state index contributed by atoms with van der Waals surface area (Å²) >= 11 is 0. The molecule has 17 heteroatoms. The van der Waals surface area contributed by atoms with E-state index in [1.165, 1.54) is 12.1 Å². The maximum Gasteiger partial charge on any atom is 0.493 e. The SMILES string of the molecule is NC(N)=NOCCNC(=O)C(NS(=O)(=O)Cc1ccccc1)c1cccn(OC(=O)C(F)(F)F)c1=O. The van der Waals surface area contributed by atoms with E-state index < -0.39 is 57.0 Å². The fourth-order valence-electron chi connectivity index (χ4n) is 2.64. The molecular formula is C19H21F3N6O7S. The lowest BCUT2D eigenvalue weighted by atomic mass is 10.1. The van der Waals surface area contributed by atoms with Crippen LogP contribution in [0.3, 0.4) is 0 Å². The van der Waals surface area contributed by atoms with Crippen molar-refractivity contribution in [2.75, 3.05) is 13.2 Å². The molecule has 0 saturated heterocycles. The summed E-state index contributed by atoms with van der Waals surface area (Å²) in [6.45, 7) is -0.508. The first-order valence-corrected chi connectivity index (χ1v) is 11.5. The second-order valence-corrected chi connectivity index (χ2v) is 8.66. The number of sulfonamides is 1. The lowest BCUT2D eigenvalue weighted by molar-refractivity contribution is -0.200. The van der Waals surface area contributed by atoms with Gasteiger partial charge in [-0.1, -0.05) is 30.3 Å². The summed E-state index contributed by atoms with van der Waals surface area (Å²) in [5.41, 5.74) is 8.48. The number of carbonyl (C=O) groups excluding carboxylic acids is 2. The van der Waals surface area contributed by atoms with E-state index >= 15 is 0 Å². The van der Waals surface area contributed by atoms with Crippen molar-refractivity contribution in [3.05, 3.63) is 70.1 Å². The van der Waals surface area contributed by atoms with Gasteiger partial charge in [0.25, 0.3) is 5.56 Å². The second-order valence-electron chi connectivity index (χ2n) is 6.91. The highest BCUT2D eigenvalue weighted by Crippen LogP contribution is 2.16. The summed E-state index contributed by atoms with van der Waals surface area (Å²) in [5, 5.41) is 5.49. The molecule has 0 bridgehead atoms. The van der Waals surface area contributed by atoms with Crippen LogP contribution in [0.25, 0.3) is 0 Å². The molecule has 0 radical (unpaired) electrons. The number of alkyl halides is 3. The first-order valence-electron chi connectivity index (χ1n) is 9.84. The Balaban J connectivity index is 2.35. The smallest absolute Gasteiger partial charge is 0.391 e. The number of pyridine rings is 1. The first kappa shape index (κ1) is 28.1. The number of rotatable bonds is 11. The van der Waals surface area contributed by atoms with Crippen LogP contribution >= 0.6 is 0 Å². The van der Waals surface area contributed by atoms with Gasteiger partial charge in [-0.15, -0.1) is 4.73 Å². The zero-order chi connectivity index (χ0) is 26.9. The molecule has 1 unspecified atom stereocenters. The standard InChI is InChI=1S/C19H21F3N6O7S/c20-19(21,22)17(31)35-28-9-4-7-13(16(28)30)14(15(29)25-8-10-34-26-18(23)24)27-36(32,33)11-12-5-2-1-3-6-12/h1-7,9,14,27H,8,10-11H2,(H,25,29)(H4,23,24,26). The summed E-state index contributed by atoms with van der Waals surface area (Å²) in [6, 6.07) is 7.85. The number of nitrogens with two attached hydrogens (primary N) is 2. The Morgan fingerprint density at radius 2 is 1.78 bits per heavy atom. The third kappa shape index (κ3) is 8.58. The molecule has 0 aliphatic heterocycles. The summed E-state index contributed by atoms with van der Waals surface area (Å²) in [7, 11) is -4.28. The number of guanidine groups is 1. The fraction of sp³-hybridized carbons (Fsp3) is 0.263. The Morgan fingerprint density at radius 3 is 2.39 bits per heavy atom. The number of hydrogen-bond acceptors (Lipinski definition) is 8. The number of aromatic nitrogens is 1. The number of nitrogens with one attached hydrogen (secondary N) is 2. The average Bonchev–Trinajstić information content (AvgIpc) is 2.78. The van der Waals surface area contributed by atoms with Gasteiger partial charge in [0.1, 0.15) is 12.6 Å². The topological polar surface area (TPSA) is 197 Å². The molecular weight excluding hydrogens is 513 g/mol. The normalized spacial score (nSPS) is 12.3.